The van der Waals surface area contributed by atoms with Crippen molar-refractivity contribution in [3.05, 3.63) is 0 Å². The molecule has 1 aliphatic heterocycles. The molecule has 1 fully saturated rings. The molecule has 1 heterocycles. The molecule has 0 bridgehead atoms. The quantitative estimate of drug-likeness (QED) is 0.783. The lowest BCUT2D eigenvalue weighted by molar-refractivity contribution is -0.133. The number of carbonyl (C=O) groups is 3. The van der Waals surface area contributed by atoms with Gasteiger partial charge in [-0.25, -0.2) is 4.79 Å². The third-order valence-corrected chi connectivity index (χ3v) is 3.82. The normalized spacial score (nSPS) is 15.8. The fraction of sp³-hybridized carbons (Fsp3) is 0.833. The number of amides is 3. The standard InChI is InChI=1S/C18H33N3O4/c1-17(2,3)15(23)19-9-7-8-14(22)20-10-12-21(13-11-20)16(24)25-18(4,5)6/h7-13H2,1-6H3,(H,19,23). The summed E-state index contributed by atoms with van der Waals surface area (Å²) in [6.07, 6.45) is 0.688. The van der Waals surface area contributed by atoms with E-state index in [0.717, 1.165) is 0 Å². The zero-order chi connectivity index (χ0) is 19.3. The molecule has 0 aromatic heterocycles. The van der Waals surface area contributed by atoms with E-state index in [2.05, 4.69) is 5.32 Å². The predicted molar refractivity (Wildman–Crippen MR) is 96.1 cm³/mol. The summed E-state index contributed by atoms with van der Waals surface area (Å²) in [7, 11) is 0. The number of hydrogen-bond donors (Lipinski definition) is 1. The van der Waals surface area contributed by atoms with Gasteiger partial charge in [-0.3, -0.25) is 9.59 Å². The molecule has 3 amide bonds. The number of hydrogen-bond acceptors (Lipinski definition) is 4. The largest absolute Gasteiger partial charge is 0.444 e. The van der Waals surface area contributed by atoms with Crippen molar-refractivity contribution >= 4 is 17.9 Å². The number of nitrogens with one attached hydrogen (secondary N) is 1. The molecule has 144 valence electrons. The average molecular weight is 355 g/mol. The van der Waals surface area contributed by atoms with Crippen molar-refractivity contribution < 1.29 is 19.1 Å². The van der Waals surface area contributed by atoms with Crippen molar-refractivity contribution in [3.8, 4) is 0 Å². The van der Waals surface area contributed by atoms with E-state index in [1.54, 1.807) is 9.80 Å². The van der Waals surface area contributed by atoms with Gasteiger partial charge in [-0.05, 0) is 27.2 Å². The molecule has 1 saturated heterocycles. The fourth-order valence-electron chi connectivity index (χ4n) is 2.33. The summed E-state index contributed by atoms with van der Waals surface area (Å²) < 4.78 is 5.35. The summed E-state index contributed by atoms with van der Waals surface area (Å²) in [5.41, 5.74) is -0.927. The minimum Gasteiger partial charge on any atom is -0.444 e. The zero-order valence-corrected chi connectivity index (χ0v) is 16.5. The van der Waals surface area contributed by atoms with Crippen molar-refractivity contribution in [1.29, 1.82) is 0 Å². The van der Waals surface area contributed by atoms with Crippen molar-refractivity contribution in [1.82, 2.24) is 15.1 Å². The van der Waals surface area contributed by atoms with Gasteiger partial charge in [0.25, 0.3) is 0 Å². The summed E-state index contributed by atoms with van der Waals surface area (Å²) in [6.45, 7) is 13.6. The van der Waals surface area contributed by atoms with E-state index in [0.29, 0.717) is 45.6 Å². The minimum absolute atomic E-state index is 0.00840. The molecule has 0 radical (unpaired) electrons. The van der Waals surface area contributed by atoms with Crippen molar-refractivity contribution in [2.75, 3.05) is 32.7 Å². The number of piperazine rings is 1. The Hall–Kier alpha value is -1.79. The Morgan fingerprint density at radius 2 is 1.44 bits per heavy atom. The van der Waals surface area contributed by atoms with E-state index in [4.69, 9.17) is 4.74 Å². The monoisotopic (exact) mass is 355 g/mol. The molecule has 0 aromatic carbocycles. The van der Waals surface area contributed by atoms with Crippen LogP contribution in [0.3, 0.4) is 0 Å². The molecule has 1 rings (SSSR count). The average Bonchev–Trinajstić information content (AvgIpc) is 2.48. The molecule has 1 aliphatic rings. The third kappa shape index (κ3) is 7.75. The van der Waals surface area contributed by atoms with Crippen LogP contribution in [0.4, 0.5) is 4.79 Å². The van der Waals surface area contributed by atoms with Crippen LogP contribution in [0.5, 0.6) is 0 Å². The first-order valence-electron chi connectivity index (χ1n) is 8.94. The van der Waals surface area contributed by atoms with Crippen molar-refractivity contribution in [2.24, 2.45) is 5.41 Å². The first-order chi connectivity index (χ1) is 11.4. The van der Waals surface area contributed by atoms with Gasteiger partial charge in [-0.15, -0.1) is 0 Å². The molecule has 0 atom stereocenters. The molecular weight excluding hydrogens is 322 g/mol. The van der Waals surface area contributed by atoms with Crippen LogP contribution in [-0.2, 0) is 14.3 Å². The van der Waals surface area contributed by atoms with Gasteiger partial charge in [0.15, 0.2) is 0 Å². The van der Waals surface area contributed by atoms with Crippen molar-refractivity contribution in [3.63, 3.8) is 0 Å². The number of ether oxygens (including phenoxy) is 1. The molecular formula is C18H33N3O4. The van der Waals surface area contributed by atoms with Crippen LogP contribution in [0.1, 0.15) is 54.4 Å². The summed E-state index contributed by atoms with van der Waals surface area (Å²) in [5.74, 6) is 0.0553. The number of nitrogens with zero attached hydrogens (tertiary/aromatic N) is 2. The highest BCUT2D eigenvalue weighted by Crippen LogP contribution is 2.13. The summed E-state index contributed by atoms with van der Waals surface area (Å²) in [6, 6.07) is 0. The van der Waals surface area contributed by atoms with E-state index < -0.39 is 11.0 Å². The van der Waals surface area contributed by atoms with Crippen LogP contribution in [0.2, 0.25) is 0 Å². The first-order valence-corrected chi connectivity index (χ1v) is 8.94. The van der Waals surface area contributed by atoms with Crippen LogP contribution >= 0.6 is 0 Å². The third-order valence-electron chi connectivity index (χ3n) is 3.82. The van der Waals surface area contributed by atoms with Gasteiger partial charge in [-0.1, -0.05) is 20.8 Å². The second-order valence-electron chi connectivity index (χ2n) is 8.46. The van der Waals surface area contributed by atoms with E-state index in [-0.39, 0.29) is 17.9 Å². The maximum absolute atomic E-state index is 12.2. The minimum atomic E-state index is -0.512. The van der Waals surface area contributed by atoms with E-state index in [1.165, 1.54) is 0 Å². The molecule has 0 saturated carbocycles. The van der Waals surface area contributed by atoms with Crippen molar-refractivity contribution in [2.45, 2.75) is 60.0 Å². The second-order valence-corrected chi connectivity index (χ2v) is 8.46. The Morgan fingerprint density at radius 1 is 0.920 bits per heavy atom. The van der Waals surface area contributed by atoms with Gasteiger partial charge in [0.05, 0.1) is 0 Å². The lowest BCUT2D eigenvalue weighted by Gasteiger charge is -2.35. The van der Waals surface area contributed by atoms with Gasteiger partial charge in [0.2, 0.25) is 11.8 Å². The molecule has 0 aromatic rings. The number of rotatable bonds is 4. The highest BCUT2D eigenvalue weighted by atomic mass is 16.6. The molecule has 0 unspecified atom stereocenters. The maximum atomic E-state index is 12.2. The highest BCUT2D eigenvalue weighted by molar-refractivity contribution is 5.81. The van der Waals surface area contributed by atoms with Gasteiger partial charge in [0.1, 0.15) is 5.60 Å². The van der Waals surface area contributed by atoms with Gasteiger partial charge in [0, 0.05) is 44.6 Å². The molecule has 0 spiro atoms. The topological polar surface area (TPSA) is 79.0 Å². The molecule has 0 aliphatic carbocycles. The predicted octanol–water partition coefficient (Wildman–Crippen LogP) is 2.01. The van der Waals surface area contributed by atoms with E-state index in [1.807, 2.05) is 41.5 Å². The molecule has 7 nitrogen and oxygen atoms in total. The van der Waals surface area contributed by atoms with E-state index >= 15 is 0 Å². The highest BCUT2D eigenvalue weighted by Gasteiger charge is 2.27. The molecule has 25 heavy (non-hydrogen) atoms. The van der Waals surface area contributed by atoms with Crippen LogP contribution in [0.25, 0.3) is 0 Å². The fourth-order valence-corrected chi connectivity index (χ4v) is 2.33. The zero-order valence-electron chi connectivity index (χ0n) is 16.5. The Labute approximate surface area is 151 Å². The molecule has 7 heteroatoms. The maximum Gasteiger partial charge on any atom is 0.410 e. The lowest BCUT2D eigenvalue weighted by atomic mass is 9.96. The van der Waals surface area contributed by atoms with Gasteiger partial charge in [-0.2, -0.15) is 0 Å². The smallest absolute Gasteiger partial charge is 0.410 e. The number of carbonyl (C=O) groups excluding carboxylic acids is 3. The molecule has 1 N–H and O–H groups in total. The first kappa shape index (κ1) is 21.3. The Kier molecular flexibility index (Phi) is 7.26. The summed E-state index contributed by atoms with van der Waals surface area (Å²) in [5, 5.41) is 2.85. The van der Waals surface area contributed by atoms with E-state index in [9.17, 15) is 14.4 Å². The van der Waals surface area contributed by atoms with Crippen LogP contribution in [0.15, 0.2) is 0 Å². The second kappa shape index (κ2) is 8.54. The summed E-state index contributed by atoms with van der Waals surface area (Å²) in [4.78, 5) is 39.4. The Morgan fingerprint density at radius 3 is 1.92 bits per heavy atom. The van der Waals surface area contributed by atoms with Gasteiger partial charge < -0.3 is 19.9 Å². The Balaban J connectivity index is 2.27. The SMILES string of the molecule is CC(C)(C)OC(=O)N1CCN(C(=O)CCCNC(=O)C(C)(C)C)CC1. The van der Waals surface area contributed by atoms with Crippen LogP contribution in [0, 0.1) is 5.41 Å². The van der Waals surface area contributed by atoms with Crippen LogP contribution < -0.4 is 5.32 Å². The Bertz CT molecular complexity index is 484. The van der Waals surface area contributed by atoms with Crippen LogP contribution in [-0.4, -0.2) is 66.0 Å². The van der Waals surface area contributed by atoms with Gasteiger partial charge >= 0.3 is 6.09 Å². The summed E-state index contributed by atoms with van der Waals surface area (Å²) >= 11 is 0. The lowest BCUT2D eigenvalue weighted by Crippen LogP contribution is -2.51.